The van der Waals surface area contributed by atoms with E-state index >= 15 is 0 Å². The van der Waals surface area contributed by atoms with E-state index in [1.165, 1.54) is 11.0 Å². The number of nitrogens with zero attached hydrogens (tertiary/aromatic N) is 5. The van der Waals surface area contributed by atoms with Crippen LogP contribution in [0.4, 0.5) is 17.3 Å². The van der Waals surface area contributed by atoms with E-state index in [9.17, 15) is 0 Å². The number of hydrogen-bond donors (Lipinski definition) is 1. The zero-order valence-electron chi connectivity index (χ0n) is 17.8. The van der Waals surface area contributed by atoms with Gasteiger partial charge in [-0.3, -0.25) is 4.99 Å². The number of nitrogens with two attached hydrogens (primary N) is 1. The molecule has 4 aromatic rings. The molecule has 162 valence electrons. The van der Waals surface area contributed by atoms with Crippen molar-refractivity contribution >= 4 is 45.1 Å². The van der Waals surface area contributed by atoms with Gasteiger partial charge in [0.25, 0.3) is 0 Å². The summed E-state index contributed by atoms with van der Waals surface area (Å²) in [5.74, 6) is 1.99. The van der Waals surface area contributed by atoms with Gasteiger partial charge < -0.3 is 15.4 Å². The lowest BCUT2D eigenvalue weighted by Gasteiger charge is -2.27. The Morgan fingerprint density at radius 3 is 2.91 bits per heavy atom. The Bertz CT molecular complexity index is 1240. The standard InChI is InChI=1S/C24H24N6OS/c1-2-26-21-22(25)27-15-28-23(21)30-13-7-8-16(30)14-31-19-11-5-3-9-17(19)24-29-18-10-4-6-12-20(18)32-24/h2-6,9-12,15-16H,7-8,13-14H2,1H3,(H2,25,27,28)/t16-/m1/s1. The van der Waals surface area contributed by atoms with Crippen LogP contribution in [-0.2, 0) is 0 Å². The van der Waals surface area contributed by atoms with Gasteiger partial charge in [0.05, 0.1) is 21.8 Å². The molecular formula is C24H24N6OS. The molecule has 0 bridgehead atoms. The van der Waals surface area contributed by atoms with Crippen molar-refractivity contribution in [2.45, 2.75) is 25.8 Å². The molecule has 2 aromatic carbocycles. The van der Waals surface area contributed by atoms with Crippen molar-refractivity contribution in [3.63, 3.8) is 0 Å². The molecule has 1 saturated heterocycles. The zero-order chi connectivity index (χ0) is 21.9. The molecule has 1 aliphatic heterocycles. The minimum atomic E-state index is 0.179. The molecule has 0 unspecified atom stereocenters. The number of anilines is 2. The van der Waals surface area contributed by atoms with Crippen molar-refractivity contribution in [2.75, 3.05) is 23.8 Å². The summed E-state index contributed by atoms with van der Waals surface area (Å²) in [5.41, 5.74) is 8.72. The lowest BCUT2D eigenvalue weighted by atomic mass is 10.2. The lowest BCUT2D eigenvalue weighted by Crippen LogP contribution is -2.35. The Balaban J connectivity index is 1.39. The normalized spacial score (nSPS) is 16.3. The molecule has 7 nitrogen and oxygen atoms in total. The van der Waals surface area contributed by atoms with Crippen LogP contribution in [-0.4, -0.2) is 40.4 Å². The van der Waals surface area contributed by atoms with Crippen LogP contribution in [0.3, 0.4) is 0 Å². The van der Waals surface area contributed by atoms with Crippen LogP contribution in [0.15, 0.2) is 59.9 Å². The number of benzene rings is 2. The second-order valence-corrected chi connectivity index (χ2v) is 8.63. The molecular weight excluding hydrogens is 420 g/mol. The van der Waals surface area contributed by atoms with E-state index in [1.807, 2.05) is 43.3 Å². The van der Waals surface area contributed by atoms with Gasteiger partial charge >= 0.3 is 0 Å². The fourth-order valence-corrected chi connectivity index (χ4v) is 5.07. The molecule has 5 rings (SSSR count). The van der Waals surface area contributed by atoms with Gasteiger partial charge in [0, 0.05) is 12.8 Å². The minimum absolute atomic E-state index is 0.179. The Morgan fingerprint density at radius 1 is 1.19 bits per heavy atom. The molecule has 3 heterocycles. The highest BCUT2D eigenvalue weighted by molar-refractivity contribution is 7.21. The molecule has 2 N–H and O–H groups in total. The predicted molar refractivity (Wildman–Crippen MR) is 131 cm³/mol. The molecule has 2 aromatic heterocycles. The number of aromatic nitrogens is 3. The molecule has 0 aliphatic carbocycles. The fraction of sp³-hybridized carbons (Fsp3) is 0.250. The van der Waals surface area contributed by atoms with Gasteiger partial charge in [0.15, 0.2) is 11.6 Å². The van der Waals surface area contributed by atoms with Gasteiger partial charge in [-0.05, 0) is 44.0 Å². The molecule has 8 heteroatoms. The molecule has 1 atom stereocenters. The van der Waals surface area contributed by atoms with E-state index in [1.54, 1.807) is 17.6 Å². The Morgan fingerprint density at radius 2 is 2.03 bits per heavy atom. The molecule has 0 amide bonds. The average Bonchev–Trinajstić information content (AvgIpc) is 3.46. The zero-order valence-corrected chi connectivity index (χ0v) is 18.6. The van der Waals surface area contributed by atoms with Crippen molar-refractivity contribution in [1.29, 1.82) is 0 Å². The lowest BCUT2D eigenvalue weighted by molar-refractivity contribution is 0.289. The third-order valence-corrected chi connectivity index (χ3v) is 6.65. The number of fused-ring (bicyclic) bond motifs is 1. The summed E-state index contributed by atoms with van der Waals surface area (Å²) in [4.78, 5) is 20.1. The van der Waals surface area contributed by atoms with E-state index in [0.29, 0.717) is 18.1 Å². The van der Waals surface area contributed by atoms with Crippen LogP contribution < -0.4 is 15.4 Å². The first-order valence-corrected chi connectivity index (χ1v) is 11.5. The number of aliphatic imine (C=N–C) groups is 1. The smallest absolute Gasteiger partial charge is 0.160 e. The van der Waals surface area contributed by atoms with Crippen molar-refractivity contribution in [2.24, 2.45) is 4.99 Å². The monoisotopic (exact) mass is 444 g/mol. The number of rotatable bonds is 6. The second-order valence-electron chi connectivity index (χ2n) is 7.60. The topological polar surface area (TPSA) is 89.5 Å². The van der Waals surface area contributed by atoms with Crippen LogP contribution in [0, 0.1) is 0 Å². The maximum absolute atomic E-state index is 6.37. The average molecular weight is 445 g/mol. The third-order valence-electron chi connectivity index (χ3n) is 5.58. The number of hydrogen-bond acceptors (Lipinski definition) is 8. The summed E-state index contributed by atoms with van der Waals surface area (Å²) in [7, 11) is 0. The number of para-hydroxylation sites is 2. The van der Waals surface area contributed by atoms with E-state index in [0.717, 1.165) is 47.0 Å². The fourth-order valence-electron chi connectivity index (χ4n) is 4.08. The molecule has 0 saturated carbocycles. The number of ether oxygens (including phenoxy) is 1. The number of nitrogen functional groups attached to an aromatic ring is 1. The Kier molecular flexibility index (Phi) is 5.68. The Hall–Kier alpha value is -3.52. The van der Waals surface area contributed by atoms with Gasteiger partial charge in [0.2, 0.25) is 0 Å². The van der Waals surface area contributed by atoms with Crippen LogP contribution >= 0.6 is 11.3 Å². The predicted octanol–water partition coefficient (Wildman–Crippen LogP) is 5.11. The first-order valence-electron chi connectivity index (χ1n) is 10.7. The van der Waals surface area contributed by atoms with Crippen LogP contribution in [0.25, 0.3) is 20.8 Å². The summed E-state index contributed by atoms with van der Waals surface area (Å²) in [6.45, 7) is 3.29. The molecule has 0 spiro atoms. The van der Waals surface area contributed by atoms with Crippen molar-refractivity contribution in [3.8, 4) is 16.3 Å². The van der Waals surface area contributed by atoms with Crippen LogP contribution in [0.2, 0.25) is 0 Å². The van der Waals surface area contributed by atoms with Gasteiger partial charge in [-0.15, -0.1) is 11.3 Å². The van der Waals surface area contributed by atoms with Gasteiger partial charge in [-0.25, -0.2) is 15.0 Å². The second kappa shape index (κ2) is 8.92. The number of thiazole rings is 1. The summed E-state index contributed by atoms with van der Waals surface area (Å²) in [6.07, 6.45) is 5.29. The van der Waals surface area contributed by atoms with E-state index in [-0.39, 0.29) is 6.04 Å². The Labute approximate surface area is 190 Å². The SMILES string of the molecule is CC=Nc1c(N)ncnc1N1CCC[C@@H]1COc1ccccc1-c1nc2ccccc2s1. The van der Waals surface area contributed by atoms with E-state index in [4.69, 9.17) is 15.5 Å². The minimum Gasteiger partial charge on any atom is -0.491 e. The van der Waals surface area contributed by atoms with Gasteiger partial charge in [-0.2, -0.15) is 0 Å². The van der Waals surface area contributed by atoms with E-state index in [2.05, 4.69) is 32.0 Å². The highest BCUT2D eigenvalue weighted by Crippen LogP contribution is 2.37. The first kappa shape index (κ1) is 20.4. The highest BCUT2D eigenvalue weighted by atomic mass is 32.1. The summed E-state index contributed by atoms with van der Waals surface area (Å²) >= 11 is 1.68. The molecule has 1 fully saturated rings. The third kappa shape index (κ3) is 3.89. The highest BCUT2D eigenvalue weighted by Gasteiger charge is 2.29. The van der Waals surface area contributed by atoms with Crippen molar-refractivity contribution in [1.82, 2.24) is 15.0 Å². The molecule has 0 radical (unpaired) electrons. The maximum atomic E-state index is 6.37. The first-order chi connectivity index (χ1) is 15.7. The van der Waals surface area contributed by atoms with Crippen LogP contribution in [0.5, 0.6) is 5.75 Å². The van der Waals surface area contributed by atoms with Crippen molar-refractivity contribution in [3.05, 3.63) is 54.9 Å². The molecule has 1 aliphatic rings. The summed E-state index contributed by atoms with van der Waals surface area (Å²) in [6, 6.07) is 16.5. The van der Waals surface area contributed by atoms with Gasteiger partial charge in [0.1, 0.15) is 29.4 Å². The molecule has 32 heavy (non-hydrogen) atoms. The van der Waals surface area contributed by atoms with Gasteiger partial charge in [-0.1, -0.05) is 24.3 Å². The quantitative estimate of drug-likeness (QED) is 0.416. The maximum Gasteiger partial charge on any atom is 0.160 e. The summed E-state index contributed by atoms with van der Waals surface area (Å²) < 4.78 is 7.54. The largest absolute Gasteiger partial charge is 0.491 e. The van der Waals surface area contributed by atoms with Crippen molar-refractivity contribution < 1.29 is 4.74 Å². The van der Waals surface area contributed by atoms with E-state index < -0.39 is 0 Å². The van der Waals surface area contributed by atoms with Crippen LogP contribution in [0.1, 0.15) is 19.8 Å². The summed E-state index contributed by atoms with van der Waals surface area (Å²) in [5, 5.41) is 0.966.